The number of esters is 1. The van der Waals surface area contributed by atoms with Gasteiger partial charge in [0, 0.05) is 11.3 Å². The second kappa shape index (κ2) is 6.61. The number of hydrogen-bond acceptors (Lipinski definition) is 4. The third-order valence-electron chi connectivity index (χ3n) is 2.45. The average molecular weight is 257 g/mol. The molecular formula is C12H16FNO2S. The van der Waals surface area contributed by atoms with Gasteiger partial charge in [-0.05, 0) is 17.7 Å². The molecule has 0 radical (unpaired) electrons. The smallest absolute Gasteiger partial charge is 0.315 e. The summed E-state index contributed by atoms with van der Waals surface area (Å²) in [6, 6.07) is 5.86. The number of carbonyl (C=O) groups excluding carboxylic acids is 1. The van der Waals surface area contributed by atoms with Gasteiger partial charge in [-0.25, -0.2) is 4.39 Å². The first kappa shape index (κ1) is 14.0. The minimum absolute atomic E-state index is 0.0551. The predicted octanol–water partition coefficient (Wildman–Crippen LogP) is 2.12. The van der Waals surface area contributed by atoms with Crippen molar-refractivity contribution in [2.75, 3.05) is 12.9 Å². The molecule has 0 aliphatic heterocycles. The topological polar surface area (TPSA) is 52.3 Å². The summed E-state index contributed by atoms with van der Waals surface area (Å²) in [5.41, 5.74) is 6.88. The van der Waals surface area contributed by atoms with Crippen LogP contribution >= 0.6 is 11.8 Å². The van der Waals surface area contributed by atoms with Gasteiger partial charge in [0.05, 0.1) is 12.9 Å². The van der Waals surface area contributed by atoms with Crippen molar-refractivity contribution < 1.29 is 13.9 Å². The molecule has 2 N–H and O–H groups in total. The molecule has 0 aliphatic rings. The number of halogens is 1. The maximum Gasteiger partial charge on any atom is 0.315 e. The lowest BCUT2D eigenvalue weighted by Crippen LogP contribution is -2.22. The van der Waals surface area contributed by atoms with Crippen LogP contribution in [0.4, 0.5) is 4.39 Å². The average Bonchev–Trinajstić information content (AvgIpc) is 2.35. The van der Waals surface area contributed by atoms with Crippen LogP contribution in [0, 0.1) is 5.82 Å². The Hall–Kier alpha value is -1.07. The van der Waals surface area contributed by atoms with E-state index in [0.717, 1.165) is 5.56 Å². The van der Waals surface area contributed by atoms with E-state index < -0.39 is 0 Å². The molecule has 0 aliphatic carbocycles. The molecule has 1 aromatic carbocycles. The molecule has 0 amide bonds. The Labute approximate surface area is 105 Å². The van der Waals surface area contributed by atoms with E-state index in [1.807, 2.05) is 6.92 Å². The van der Waals surface area contributed by atoms with Crippen molar-refractivity contribution >= 4 is 17.7 Å². The molecule has 0 spiro atoms. The van der Waals surface area contributed by atoms with Gasteiger partial charge in [0.1, 0.15) is 5.82 Å². The molecule has 3 nitrogen and oxygen atoms in total. The molecule has 1 aromatic rings. The Morgan fingerprint density at radius 2 is 2.06 bits per heavy atom. The zero-order chi connectivity index (χ0) is 12.8. The molecule has 5 heteroatoms. The minimum Gasteiger partial charge on any atom is -0.468 e. The summed E-state index contributed by atoms with van der Waals surface area (Å²) in [5, 5.41) is 0.0551. The van der Waals surface area contributed by atoms with Crippen LogP contribution < -0.4 is 5.73 Å². The van der Waals surface area contributed by atoms with Crippen molar-refractivity contribution in [3.8, 4) is 0 Å². The van der Waals surface area contributed by atoms with Gasteiger partial charge in [0.15, 0.2) is 0 Å². The zero-order valence-corrected chi connectivity index (χ0v) is 10.7. The Kier molecular flexibility index (Phi) is 5.44. The van der Waals surface area contributed by atoms with E-state index in [2.05, 4.69) is 4.74 Å². The monoisotopic (exact) mass is 257 g/mol. The number of ether oxygens (including phenoxy) is 1. The summed E-state index contributed by atoms with van der Waals surface area (Å²) < 4.78 is 17.3. The van der Waals surface area contributed by atoms with Crippen molar-refractivity contribution in [2.45, 2.75) is 18.2 Å². The van der Waals surface area contributed by atoms with Gasteiger partial charge in [-0.3, -0.25) is 4.79 Å². The van der Waals surface area contributed by atoms with Crippen molar-refractivity contribution in [1.29, 1.82) is 0 Å². The number of carbonyl (C=O) groups is 1. The lowest BCUT2D eigenvalue weighted by atomic mass is 10.1. The molecular weight excluding hydrogens is 241 g/mol. The SMILES string of the molecule is COC(=O)CSC(C)C(N)c1ccc(F)cc1. The fourth-order valence-electron chi connectivity index (χ4n) is 1.32. The minimum atomic E-state index is -0.282. The largest absolute Gasteiger partial charge is 0.468 e. The van der Waals surface area contributed by atoms with Crippen molar-refractivity contribution in [3.05, 3.63) is 35.6 Å². The van der Waals surface area contributed by atoms with Gasteiger partial charge in [-0.15, -0.1) is 11.8 Å². The first-order valence-electron chi connectivity index (χ1n) is 5.24. The molecule has 0 heterocycles. The molecule has 1 rings (SSSR count). The summed E-state index contributed by atoms with van der Waals surface area (Å²) in [6.45, 7) is 1.93. The molecule has 2 unspecified atom stereocenters. The second-order valence-electron chi connectivity index (χ2n) is 3.67. The number of benzene rings is 1. The van der Waals surface area contributed by atoms with Crippen LogP contribution in [0.5, 0.6) is 0 Å². The van der Waals surface area contributed by atoms with Crippen molar-refractivity contribution in [2.24, 2.45) is 5.73 Å². The summed E-state index contributed by atoms with van der Waals surface area (Å²) in [6.07, 6.45) is 0. The summed E-state index contributed by atoms with van der Waals surface area (Å²) in [7, 11) is 1.35. The van der Waals surface area contributed by atoms with E-state index in [1.165, 1.54) is 31.0 Å². The third-order valence-corrected chi connectivity index (χ3v) is 3.67. The maximum absolute atomic E-state index is 12.7. The second-order valence-corrected chi connectivity index (χ2v) is 5.04. The Morgan fingerprint density at radius 3 is 2.59 bits per heavy atom. The van der Waals surface area contributed by atoms with Gasteiger partial charge in [-0.1, -0.05) is 19.1 Å². The Balaban J connectivity index is 2.54. The maximum atomic E-state index is 12.7. The number of hydrogen-bond donors (Lipinski definition) is 1. The van der Waals surface area contributed by atoms with E-state index in [4.69, 9.17) is 5.73 Å². The molecule has 94 valence electrons. The lowest BCUT2D eigenvalue weighted by Gasteiger charge is -2.19. The molecule has 0 bridgehead atoms. The van der Waals surface area contributed by atoms with Gasteiger partial charge >= 0.3 is 5.97 Å². The quantitative estimate of drug-likeness (QED) is 0.821. The summed E-state index contributed by atoms with van der Waals surface area (Å²) in [5.74, 6) is -0.281. The Morgan fingerprint density at radius 1 is 1.47 bits per heavy atom. The highest BCUT2D eigenvalue weighted by Gasteiger charge is 2.16. The fourth-order valence-corrected chi connectivity index (χ4v) is 2.20. The number of nitrogens with two attached hydrogens (primary N) is 1. The standard InChI is InChI=1S/C12H16FNO2S/c1-8(17-7-11(15)16-2)12(14)9-3-5-10(13)6-4-9/h3-6,8,12H,7,14H2,1-2H3. The zero-order valence-electron chi connectivity index (χ0n) is 9.85. The van der Waals surface area contributed by atoms with Crippen LogP contribution in [-0.4, -0.2) is 24.1 Å². The number of rotatable bonds is 5. The van der Waals surface area contributed by atoms with E-state index >= 15 is 0 Å². The highest BCUT2D eigenvalue weighted by atomic mass is 32.2. The highest BCUT2D eigenvalue weighted by Crippen LogP contribution is 2.24. The molecule has 0 saturated carbocycles. The van der Waals surface area contributed by atoms with Crippen LogP contribution in [0.3, 0.4) is 0 Å². The molecule has 17 heavy (non-hydrogen) atoms. The molecule has 0 fully saturated rings. The van der Waals surface area contributed by atoms with E-state index in [-0.39, 0.29) is 28.8 Å². The molecule has 2 atom stereocenters. The van der Waals surface area contributed by atoms with Crippen molar-refractivity contribution in [3.63, 3.8) is 0 Å². The van der Waals surface area contributed by atoms with Gasteiger partial charge in [-0.2, -0.15) is 0 Å². The number of thioether (sulfide) groups is 1. The fraction of sp³-hybridized carbons (Fsp3) is 0.417. The first-order chi connectivity index (χ1) is 8.04. The first-order valence-corrected chi connectivity index (χ1v) is 6.29. The third kappa shape index (κ3) is 4.36. The van der Waals surface area contributed by atoms with Crippen LogP contribution in [0.15, 0.2) is 24.3 Å². The van der Waals surface area contributed by atoms with Gasteiger partial charge in [0.25, 0.3) is 0 Å². The van der Waals surface area contributed by atoms with Gasteiger partial charge < -0.3 is 10.5 Å². The van der Waals surface area contributed by atoms with E-state index in [1.54, 1.807) is 12.1 Å². The number of methoxy groups -OCH3 is 1. The van der Waals surface area contributed by atoms with E-state index in [0.29, 0.717) is 0 Å². The molecule has 0 saturated heterocycles. The van der Waals surface area contributed by atoms with Crippen LogP contribution in [-0.2, 0) is 9.53 Å². The normalized spacial score (nSPS) is 14.1. The highest BCUT2D eigenvalue weighted by molar-refractivity contribution is 8.00. The van der Waals surface area contributed by atoms with Crippen LogP contribution in [0.1, 0.15) is 18.5 Å². The van der Waals surface area contributed by atoms with Crippen LogP contribution in [0.25, 0.3) is 0 Å². The summed E-state index contributed by atoms with van der Waals surface area (Å²) in [4.78, 5) is 11.0. The summed E-state index contributed by atoms with van der Waals surface area (Å²) >= 11 is 1.42. The van der Waals surface area contributed by atoms with Gasteiger partial charge in [0.2, 0.25) is 0 Å². The van der Waals surface area contributed by atoms with Crippen molar-refractivity contribution in [1.82, 2.24) is 0 Å². The molecule has 0 aromatic heterocycles. The Bertz CT molecular complexity index is 369. The predicted molar refractivity (Wildman–Crippen MR) is 67.3 cm³/mol. The van der Waals surface area contributed by atoms with Crippen LogP contribution in [0.2, 0.25) is 0 Å². The lowest BCUT2D eigenvalue weighted by molar-refractivity contribution is -0.137. The van der Waals surface area contributed by atoms with E-state index in [9.17, 15) is 9.18 Å².